The summed E-state index contributed by atoms with van der Waals surface area (Å²) in [6.07, 6.45) is 3.89. The lowest BCUT2D eigenvalue weighted by Gasteiger charge is -2.02. The molecule has 4 aromatic rings. The molecule has 0 bridgehead atoms. The minimum absolute atomic E-state index is 0.719. The summed E-state index contributed by atoms with van der Waals surface area (Å²) in [4.78, 5) is 4.68. The fraction of sp³-hybridized carbons (Fsp3) is 0. The summed E-state index contributed by atoms with van der Waals surface area (Å²) in [5.41, 5.74) is 5.15. The molecule has 0 aliphatic carbocycles. The molecule has 122 valence electrons. The maximum Gasteiger partial charge on any atom is 0.0891 e. The molecule has 0 amide bonds. The summed E-state index contributed by atoms with van der Waals surface area (Å²) < 4.78 is 2.14. The van der Waals surface area contributed by atoms with Crippen LogP contribution in [0.4, 0.5) is 5.69 Å². The van der Waals surface area contributed by atoms with Crippen LogP contribution in [0, 0.1) is 0 Å². The average Bonchev–Trinajstić information content (AvgIpc) is 3.01. The van der Waals surface area contributed by atoms with Gasteiger partial charge in [0.25, 0.3) is 0 Å². The molecule has 4 rings (SSSR count). The fourth-order valence-corrected chi connectivity index (χ4v) is 3.03. The highest BCUT2D eigenvalue weighted by Gasteiger charge is 2.09. The highest BCUT2D eigenvalue weighted by Crippen LogP contribution is 2.32. The number of benzene rings is 2. The molecule has 0 radical (unpaired) electrons. The van der Waals surface area contributed by atoms with E-state index in [0.29, 0.717) is 0 Å². The molecular formula is C21H14Cl2N2. The normalized spacial score (nSPS) is 11.4. The number of aliphatic imine (C=N–C) groups is 1. The van der Waals surface area contributed by atoms with Crippen LogP contribution in [0.5, 0.6) is 0 Å². The summed E-state index contributed by atoms with van der Waals surface area (Å²) in [7, 11) is 0. The second kappa shape index (κ2) is 6.75. The monoisotopic (exact) mass is 364 g/mol. The van der Waals surface area contributed by atoms with E-state index in [-0.39, 0.29) is 0 Å². The number of halogens is 2. The van der Waals surface area contributed by atoms with Crippen molar-refractivity contribution < 1.29 is 0 Å². The van der Waals surface area contributed by atoms with E-state index in [1.54, 1.807) is 0 Å². The zero-order valence-corrected chi connectivity index (χ0v) is 14.7. The van der Waals surface area contributed by atoms with E-state index in [0.717, 1.165) is 38.1 Å². The van der Waals surface area contributed by atoms with Gasteiger partial charge in [-0.3, -0.25) is 4.99 Å². The van der Waals surface area contributed by atoms with Gasteiger partial charge >= 0.3 is 0 Å². The zero-order chi connectivity index (χ0) is 17.2. The molecule has 0 aliphatic heterocycles. The third-order valence-electron chi connectivity index (χ3n) is 4.02. The molecule has 0 spiro atoms. The van der Waals surface area contributed by atoms with Gasteiger partial charge in [0, 0.05) is 22.5 Å². The van der Waals surface area contributed by atoms with Gasteiger partial charge < -0.3 is 4.40 Å². The lowest BCUT2D eigenvalue weighted by molar-refractivity contribution is 1.20. The Hall–Kier alpha value is -2.55. The van der Waals surface area contributed by atoms with Crippen LogP contribution in [0.1, 0.15) is 5.56 Å². The van der Waals surface area contributed by atoms with Crippen LogP contribution in [0.3, 0.4) is 0 Å². The van der Waals surface area contributed by atoms with Crippen molar-refractivity contribution >= 4 is 40.6 Å². The summed E-state index contributed by atoms with van der Waals surface area (Å²) in [5.74, 6) is 0. The van der Waals surface area contributed by atoms with Crippen molar-refractivity contribution in [3.63, 3.8) is 0 Å². The van der Waals surface area contributed by atoms with Gasteiger partial charge in [0.1, 0.15) is 0 Å². The molecule has 2 aromatic heterocycles. The minimum atomic E-state index is 0.719. The van der Waals surface area contributed by atoms with Crippen LogP contribution in [-0.2, 0) is 0 Å². The predicted molar refractivity (Wildman–Crippen MR) is 107 cm³/mol. The van der Waals surface area contributed by atoms with E-state index >= 15 is 0 Å². The van der Waals surface area contributed by atoms with Crippen LogP contribution in [-0.4, -0.2) is 10.6 Å². The van der Waals surface area contributed by atoms with Crippen molar-refractivity contribution in [1.29, 1.82) is 0 Å². The van der Waals surface area contributed by atoms with Crippen LogP contribution < -0.4 is 0 Å². The Bertz CT molecular complexity index is 1050. The molecule has 0 saturated heterocycles. The smallest absolute Gasteiger partial charge is 0.0891 e. The molecule has 0 N–H and O–H groups in total. The Labute approximate surface area is 156 Å². The molecule has 2 heterocycles. The van der Waals surface area contributed by atoms with Crippen molar-refractivity contribution in [3.05, 3.63) is 94.6 Å². The van der Waals surface area contributed by atoms with E-state index in [1.165, 1.54) is 0 Å². The fourth-order valence-electron chi connectivity index (χ4n) is 2.77. The van der Waals surface area contributed by atoms with Gasteiger partial charge in [0.05, 0.1) is 16.9 Å². The van der Waals surface area contributed by atoms with E-state index in [4.69, 9.17) is 23.2 Å². The predicted octanol–water partition coefficient (Wildman–Crippen LogP) is 6.66. The Morgan fingerprint density at radius 1 is 0.800 bits per heavy atom. The Morgan fingerprint density at radius 2 is 1.48 bits per heavy atom. The second-order valence-corrected chi connectivity index (χ2v) is 6.56. The molecule has 2 nitrogen and oxygen atoms in total. The van der Waals surface area contributed by atoms with Crippen LogP contribution in [0.15, 0.2) is 84.0 Å². The summed E-state index contributed by atoms with van der Waals surface area (Å²) in [6.45, 7) is 0. The molecule has 25 heavy (non-hydrogen) atoms. The molecular weight excluding hydrogens is 351 g/mol. The van der Waals surface area contributed by atoms with Gasteiger partial charge in [-0.15, -0.1) is 0 Å². The first-order chi connectivity index (χ1) is 12.2. The van der Waals surface area contributed by atoms with Crippen molar-refractivity contribution in [2.24, 2.45) is 4.99 Å². The SMILES string of the molecule is Clc1ccc(C=Nc2cc(-c3ccc(Cl)cc3)n3ccccc23)cc1. The molecule has 2 aromatic carbocycles. The first kappa shape index (κ1) is 15.9. The number of nitrogens with zero attached hydrogens (tertiary/aromatic N) is 2. The van der Waals surface area contributed by atoms with Crippen molar-refractivity contribution in [2.45, 2.75) is 0 Å². The van der Waals surface area contributed by atoms with Gasteiger partial charge in [-0.2, -0.15) is 0 Å². The third-order valence-corrected chi connectivity index (χ3v) is 4.52. The third kappa shape index (κ3) is 3.32. The number of aromatic nitrogens is 1. The molecule has 4 heteroatoms. The lowest BCUT2D eigenvalue weighted by atomic mass is 10.1. The first-order valence-electron chi connectivity index (χ1n) is 7.86. The number of hydrogen-bond acceptors (Lipinski definition) is 1. The highest BCUT2D eigenvalue weighted by molar-refractivity contribution is 6.30. The van der Waals surface area contributed by atoms with E-state index in [9.17, 15) is 0 Å². The van der Waals surface area contributed by atoms with Crippen molar-refractivity contribution in [2.75, 3.05) is 0 Å². The summed E-state index contributed by atoms with van der Waals surface area (Å²) in [5, 5.41) is 1.45. The second-order valence-electron chi connectivity index (χ2n) is 5.69. The minimum Gasteiger partial charge on any atom is -0.314 e. The molecule has 0 atom stereocenters. The lowest BCUT2D eigenvalue weighted by Crippen LogP contribution is -1.86. The van der Waals surface area contributed by atoms with Gasteiger partial charge in [0.2, 0.25) is 0 Å². The van der Waals surface area contributed by atoms with Crippen LogP contribution in [0.25, 0.3) is 16.8 Å². The van der Waals surface area contributed by atoms with Gasteiger partial charge in [-0.1, -0.05) is 53.5 Å². The van der Waals surface area contributed by atoms with Crippen LogP contribution in [0.2, 0.25) is 10.0 Å². The standard InChI is InChI=1S/C21H14Cl2N2/c22-17-8-4-15(5-9-17)14-24-19-13-21(16-6-10-18(23)11-7-16)25-12-2-1-3-20(19)25/h1-14H. The summed E-state index contributed by atoms with van der Waals surface area (Å²) >= 11 is 11.9. The Morgan fingerprint density at radius 3 is 2.20 bits per heavy atom. The molecule has 0 unspecified atom stereocenters. The van der Waals surface area contributed by atoms with E-state index in [1.807, 2.05) is 73.1 Å². The number of pyridine rings is 1. The quantitative estimate of drug-likeness (QED) is 0.361. The van der Waals surface area contributed by atoms with Crippen molar-refractivity contribution in [3.8, 4) is 11.3 Å². The van der Waals surface area contributed by atoms with Crippen LogP contribution >= 0.6 is 23.2 Å². The van der Waals surface area contributed by atoms with Gasteiger partial charge in [-0.25, -0.2) is 0 Å². The average molecular weight is 365 g/mol. The van der Waals surface area contributed by atoms with Gasteiger partial charge in [-0.05, 0) is 53.6 Å². The summed E-state index contributed by atoms with van der Waals surface area (Å²) in [6, 6.07) is 23.6. The number of hydrogen-bond donors (Lipinski definition) is 0. The number of rotatable bonds is 3. The molecule has 0 aliphatic rings. The van der Waals surface area contributed by atoms with Gasteiger partial charge in [0.15, 0.2) is 0 Å². The van der Waals surface area contributed by atoms with Crippen molar-refractivity contribution in [1.82, 2.24) is 4.40 Å². The highest BCUT2D eigenvalue weighted by atomic mass is 35.5. The Balaban J connectivity index is 1.79. The zero-order valence-electron chi connectivity index (χ0n) is 13.2. The molecule has 0 saturated carbocycles. The topological polar surface area (TPSA) is 16.8 Å². The number of fused-ring (bicyclic) bond motifs is 1. The van der Waals surface area contributed by atoms with E-state index < -0.39 is 0 Å². The first-order valence-corrected chi connectivity index (χ1v) is 8.62. The maximum absolute atomic E-state index is 6.01. The largest absolute Gasteiger partial charge is 0.314 e. The maximum atomic E-state index is 6.01. The van der Waals surface area contributed by atoms with E-state index in [2.05, 4.69) is 21.5 Å². The Kier molecular flexibility index (Phi) is 4.31. The molecule has 0 fully saturated rings.